The molecule has 0 bridgehead atoms. The van der Waals surface area contributed by atoms with Gasteiger partial charge in [-0.25, -0.2) is 0 Å². The minimum absolute atomic E-state index is 0.535. The summed E-state index contributed by atoms with van der Waals surface area (Å²) in [6.07, 6.45) is 4.45. The van der Waals surface area contributed by atoms with E-state index in [0.29, 0.717) is 11.5 Å². The van der Waals surface area contributed by atoms with Gasteiger partial charge in [-0.05, 0) is 25.2 Å². The summed E-state index contributed by atoms with van der Waals surface area (Å²) in [7, 11) is 1.98. The Kier molecular flexibility index (Phi) is 2.05. The van der Waals surface area contributed by atoms with E-state index in [1.54, 1.807) is 0 Å². The van der Waals surface area contributed by atoms with Crippen molar-refractivity contribution in [3.63, 3.8) is 0 Å². The predicted molar refractivity (Wildman–Crippen MR) is 58.4 cm³/mol. The molecule has 0 aliphatic heterocycles. The largest absolute Gasteiger partial charge is 0.380 e. The Morgan fingerprint density at radius 1 is 1.50 bits per heavy atom. The molecule has 1 fully saturated rings. The highest BCUT2D eigenvalue weighted by Crippen LogP contribution is 2.41. The summed E-state index contributed by atoms with van der Waals surface area (Å²) in [4.78, 5) is 0. The van der Waals surface area contributed by atoms with Crippen molar-refractivity contribution in [2.45, 2.75) is 39.7 Å². The number of nitrogens with one attached hydrogen (secondary N) is 1. The number of hydrogen-bond acceptors (Lipinski definition) is 2. The molecule has 0 unspecified atom stereocenters. The van der Waals surface area contributed by atoms with E-state index in [2.05, 4.69) is 31.2 Å². The second-order valence-corrected chi connectivity index (χ2v) is 5.18. The zero-order chi connectivity index (χ0) is 10.3. The molecule has 78 valence electrons. The third kappa shape index (κ3) is 1.63. The van der Waals surface area contributed by atoms with E-state index < -0.39 is 0 Å². The fraction of sp³-hybridized carbons (Fsp3) is 0.727. The van der Waals surface area contributed by atoms with Crippen molar-refractivity contribution in [1.29, 1.82) is 0 Å². The van der Waals surface area contributed by atoms with E-state index in [1.165, 1.54) is 24.2 Å². The van der Waals surface area contributed by atoms with E-state index in [0.717, 1.165) is 0 Å². The average Bonchev–Trinajstić information content (AvgIpc) is 2.33. The zero-order valence-corrected chi connectivity index (χ0v) is 9.46. The van der Waals surface area contributed by atoms with E-state index >= 15 is 0 Å². The maximum Gasteiger partial charge on any atom is 0.0758 e. The highest BCUT2D eigenvalue weighted by atomic mass is 15.3. The van der Waals surface area contributed by atoms with Crippen LogP contribution in [0.5, 0.6) is 0 Å². The lowest BCUT2D eigenvalue weighted by Gasteiger charge is -2.43. The van der Waals surface area contributed by atoms with Gasteiger partial charge in [-0.1, -0.05) is 13.8 Å². The first-order chi connectivity index (χ1) is 6.48. The minimum Gasteiger partial charge on any atom is -0.380 e. The second kappa shape index (κ2) is 3.01. The number of aromatic nitrogens is 2. The minimum atomic E-state index is 0.535. The van der Waals surface area contributed by atoms with Gasteiger partial charge in [0.25, 0.3) is 0 Å². The number of rotatable bonds is 2. The molecule has 14 heavy (non-hydrogen) atoms. The van der Waals surface area contributed by atoms with Crippen molar-refractivity contribution in [3.05, 3.63) is 11.9 Å². The molecule has 3 nitrogen and oxygen atoms in total. The Bertz CT molecular complexity index is 330. The quantitative estimate of drug-likeness (QED) is 0.781. The second-order valence-electron chi connectivity index (χ2n) is 5.18. The van der Waals surface area contributed by atoms with E-state index in [9.17, 15) is 0 Å². The molecular formula is C11H19N3. The maximum absolute atomic E-state index is 4.22. The van der Waals surface area contributed by atoms with Crippen LogP contribution in [-0.2, 0) is 7.05 Å². The average molecular weight is 193 g/mol. The molecule has 0 spiro atoms. The Morgan fingerprint density at radius 3 is 2.57 bits per heavy atom. The molecule has 0 atom stereocenters. The van der Waals surface area contributed by atoms with Crippen molar-refractivity contribution >= 4 is 5.69 Å². The van der Waals surface area contributed by atoms with Gasteiger partial charge in [-0.15, -0.1) is 0 Å². The molecule has 1 aliphatic carbocycles. The first-order valence-corrected chi connectivity index (χ1v) is 5.23. The lowest BCUT2D eigenvalue weighted by Crippen LogP contribution is -2.41. The van der Waals surface area contributed by atoms with Gasteiger partial charge < -0.3 is 5.32 Å². The third-order valence-corrected chi connectivity index (χ3v) is 3.19. The van der Waals surface area contributed by atoms with Crippen molar-refractivity contribution in [1.82, 2.24) is 9.78 Å². The van der Waals surface area contributed by atoms with Crippen molar-refractivity contribution < 1.29 is 0 Å². The fourth-order valence-corrected chi connectivity index (χ4v) is 2.24. The normalized spacial score (nSPS) is 20.6. The molecular weight excluding hydrogens is 174 g/mol. The molecule has 1 heterocycles. The van der Waals surface area contributed by atoms with E-state index in [-0.39, 0.29) is 0 Å². The van der Waals surface area contributed by atoms with Gasteiger partial charge in [0.05, 0.1) is 17.6 Å². The molecule has 0 radical (unpaired) electrons. The topological polar surface area (TPSA) is 29.9 Å². The van der Waals surface area contributed by atoms with Gasteiger partial charge in [-0.2, -0.15) is 5.10 Å². The molecule has 0 saturated heterocycles. The van der Waals surface area contributed by atoms with Crippen LogP contribution in [0.1, 0.15) is 32.4 Å². The van der Waals surface area contributed by atoms with Crippen LogP contribution >= 0.6 is 0 Å². The summed E-state index contributed by atoms with van der Waals surface area (Å²) in [5.74, 6) is 0. The molecule has 1 aromatic heterocycles. The van der Waals surface area contributed by atoms with Crippen molar-refractivity contribution in [3.8, 4) is 0 Å². The smallest absolute Gasteiger partial charge is 0.0758 e. The zero-order valence-electron chi connectivity index (χ0n) is 9.46. The number of anilines is 1. The molecule has 1 N–H and O–H groups in total. The summed E-state index contributed by atoms with van der Waals surface area (Å²) in [6.45, 7) is 6.74. The Hall–Kier alpha value is -0.990. The van der Waals surface area contributed by atoms with Crippen LogP contribution in [0.15, 0.2) is 6.20 Å². The highest BCUT2D eigenvalue weighted by Gasteiger charge is 2.36. The number of hydrogen-bond donors (Lipinski definition) is 1. The maximum atomic E-state index is 4.22. The summed E-state index contributed by atoms with van der Waals surface area (Å²) >= 11 is 0. The van der Waals surface area contributed by atoms with Gasteiger partial charge in [-0.3, -0.25) is 4.68 Å². The Morgan fingerprint density at radius 2 is 2.14 bits per heavy atom. The van der Waals surface area contributed by atoms with Crippen LogP contribution in [0.3, 0.4) is 0 Å². The van der Waals surface area contributed by atoms with Gasteiger partial charge in [0.1, 0.15) is 0 Å². The first-order valence-electron chi connectivity index (χ1n) is 5.23. The van der Waals surface area contributed by atoms with Gasteiger partial charge >= 0.3 is 0 Å². The standard InChI is InChI=1S/C11H19N3/c1-8-10(7-12-14(8)4)13-9-5-11(2,3)6-9/h7,9,13H,5-6H2,1-4H3. The van der Waals surface area contributed by atoms with Crippen LogP contribution in [0, 0.1) is 12.3 Å². The molecule has 0 aromatic carbocycles. The summed E-state index contributed by atoms with van der Waals surface area (Å²) in [5.41, 5.74) is 2.94. The highest BCUT2D eigenvalue weighted by molar-refractivity contribution is 5.47. The fourth-order valence-electron chi connectivity index (χ4n) is 2.24. The Labute approximate surface area is 85.5 Å². The third-order valence-electron chi connectivity index (χ3n) is 3.19. The van der Waals surface area contributed by atoms with Crippen LogP contribution in [0.4, 0.5) is 5.69 Å². The van der Waals surface area contributed by atoms with E-state index in [1.807, 2.05) is 17.9 Å². The Balaban J connectivity index is 1.97. The SMILES string of the molecule is Cc1c(NC2CC(C)(C)C2)cnn1C. The first kappa shape index (κ1) is 9.56. The van der Waals surface area contributed by atoms with Crippen LogP contribution < -0.4 is 5.32 Å². The van der Waals surface area contributed by atoms with Crippen LogP contribution in [-0.4, -0.2) is 15.8 Å². The lowest BCUT2D eigenvalue weighted by molar-refractivity contribution is 0.167. The molecule has 2 rings (SSSR count). The summed E-state index contributed by atoms with van der Waals surface area (Å²) < 4.78 is 1.91. The predicted octanol–water partition coefficient (Wildman–Crippen LogP) is 2.33. The van der Waals surface area contributed by atoms with Crippen LogP contribution in [0.2, 0.25) is 0 Å². The summed E-state index contributed by atoms with van der Waals surface area (Å²) in [5, 5.41) is 7.76. The van der Waals surface area contributed by atoms with Crippen molar-refractivity contribution in [2.24, 2.45) is 12.5 Å². The van der Waals surface area contributed by atoms with Gasteiger partial charge in [0.15, 0.2) is 0 Å². The molecule has 0 amide bonds. The van der Waals surface area contributed by atoms with Crippen LogP contribution in [0.25, 0.3) is 0 Å². The van der Waals surface area contributed by atoms with E-state index in [4.69, 9.17) is 0 Å². The van der Waals surface area contributed by atoms with Gasteiger partial charge in [0.2, 0.25) is 0 Å². The number of aryl methyl sites for hydroxylation is 1. The molecule has 1 aliphatic rings. The molecule has 3 heteroatoms. The monoisotopic (exact) mass is 193 g/mol. The lowest BCUT2D eigenvalue weighted by atomic mass is 9.68. The van der Waals surface area contributed by atoms with Gasteiger partial charge in [0, 0.05) is 13.1 Å². The summed E-state index contributed by atoms with van der Waals surface area (Å²) in [6, 6.07) is 0.646. The number of nitrogens with zero attached hydrogens (tertiary/aromatic N) is 2. The molecule has 1 aromatic rings. The van der Waals surface area contributed by atoms with Crippen molar-refractivity contribution in [2.75, 3.05) is 5.32 Å². The molecule has 1 saturated carbocycles.